The number of hydrogen-bond acceptors (Lipinski definition) is 3. The first-order chi connectivity index (χ1) is 24.0. The summed E-state index contributed by atoms with van der Waals surface area (Å²) in [5.74, 6) is 1.86. The van der Waals surface area contributed by atoms with Gasteiger partial charge < -0.3 is 5.32 Å². The largest absolute Gasteiger partial charge is 0.311 e. The molecule has 0 fully saturated rings. The molecule has 0 aliphatic carbocycles. The molecule has 1 N–H and O–H groups in total. The minimum atomic E-state index is 0.412. The van der Waals surface area contributed by atoms with Crippen molar-refractivity contribution in [1.82, 2.24) is 19.9 Å². The summed E-state index contributed by atoms with van der Waals surface area (Å²) in [5, 5.41) is 3.74. The summed E-state index contributed by atoms with van der Waals surface area (Å²) >= 11 is 0. The molecule has 0 aliphatic heterocycles. The summed E-state index contributed by atoms with van der Waals surface area (Å²) in [5.41, 5.74) is 14.2. The van der Waals surface area contributed by atoms with Gasteiger partial charge in [-0.1, -0.05) is 137 Å². The van der Waals surface area contributed by atoms with E-state index in [4.69, 9.17) is 9.97 Å². The normalized spacial score (nSPS) is 11.6. The number of rotatable bonds is 11. The van der Waals surface area contributed by atoms with Gasteiger partial charge in [0, 0.05) is 30.6 Å². The second kappa shape index (κ2) is 14.4. The van der Waals surface area contributed by atoms with E-state index in [-0.39, 0.29) is 0 Å². The highest BCUT2D eigenvalue weighted by Crippen LogP contribution is 2.38. The molecule has 2 aromatic heterocycles. The Labute approximate surface area is 290 Å². The van der Waals surface area contributed by atoms with Crippen molar-refractivity contribution in [2.75, 3.05) is 6.54 Å². The maximum Gasteiger partial charge on any atom is 0.115 e. The number of nitrogens with one attached hydrogen (secondary N) is 1. The van der Waals surface area contributed by atoms with E-state index >= 15 is 0 Å². The number of pyridine rings is 1. The van der Waals surface area contributed by atoms with Gasteiger partial charge >= 0.3 is 0 Å². The predicted octanol–water partition coefficient (Wildman–Crippen LogP) is 11.0. The molecular weight excluding hydrogens is 597 g/mol. The van der Waals surface area contributed by atoms with Crippen molar-refractivity contribution >= 4 is 11.0 Å². The smallest absolute Gasteiger partial charge is 0.115 e. The molecule has 7 aromatic rings. The predicted molar refractivity (Wildman–Crippen MR) is 205 cm³/mol. The third-order valence-electron chi connectivity index (χ3n) is 9.30. The average molecular weight is 641 g/mol. The van der Waals surface area contributed by atoms with Crippen molar-refractivity contribution in [3.63, 3.8) is 0 Å². The molecule has 0 radical (unpaired) electrons. The fraction of sp³-hybridized carbons (Fsp3) is 0.200. The molecule has 49 heavy (non-hydrogen) atoms. The lowest BCUT2D eigenvalue weighted by Gasteiger charge is -2.21. The molecule has 0 spiro atoms. The molecule has 0 atom stereocenters. The zero-order valence-electron chi connectivity index (χ0n) is 28.9. The summed E-state index contributed by atoms with van der Waals surface area (Å²) in [6.45, 7) is 10.6. The van der Waals surface area contributed by atoms with E-state index in [2.05, 4.69) is 177 Å². The van der Waals surface area contributed by atoms with Gasteiger partial charge in [0.15, 0.2) is 0 Å². The lowest BCUT2D eigenvalue weighted by atomic mass is 9.84. The van der Waals surface area contributed by atoms with Crippen molar-refractivity contribution in [3.05, 3.63) is 162 Å². The fourth-order valence-electron chi connectivity index (χ4n) is 6.92. The SMILES string of the molecule is CC(C)c1cccc(C(C)C)c1-c1cc(CNCCc2nc3ccccc3n2-c2ccccc2-c2ccccc2)nc(-c2ccccc2)c1. The standard InChI is InChI=1S/C45H44N4/c1-31(2)37-21-15-22-38(32(3)4)45(37)35-28-36(47-41(29-35)34-18-9-6-10-19-34)30-46-27-26-44-48-40-23-12-14-25-43(40)49(44)42-24-13-11-20-39(42)33-16-7-5-8-17-33/h5-25,28-29,31-32,46H,26-27,30H2,1-4H3. The summed E-state index contributed by atoms with van der Waals surface area (Å²) < 4.78 is 2.34. The van der Waals surface area contributed by atoms with Gasteiger partial charge in [-0.05, 0) is 70.0 Å². The summed E-state index contributed by atoms with van der Waals surface area (Å²) in [7, 11) is 0. The van der Waals surface area contributed by atoms with Crippen molar-refractivity contribution < 1.29 is 0 Å². The third-order valence-corrected chi connectivity index (χ3v) is 9.30. The van der Waals surface area contributed by atoms with Gasteiger partial charge in [-0.15, -0.1) is 0 Å². The van der Waals surface area contributed by atoms with E-state index in [0.717, 1.165) is 52.5 Å². The zero-order chi connectivity index (χ0) is 33.7. The topological polar surface area (TPSA) is 42.7 Å². The van der Waals surface area contributed by atoms with Crippen molar-refractivity contribution in [2.24, 2.45) is 0 Å². The second-order valence-corrected chi connectivity index (χ2v) is 13.4. The lowest BCUT2D eigenvalue weighted by Crippen LogP contribution is -2.19. The Bertz CT molecular complexity index is 2150. The van der Waals surface area contributed by atoms with Crippen LogP contribution >= 0.6 is 0 Å². The number of aromatic nitrogens is 3. The van der Waals surface area contributed by atoms with Crippen LogP contribution in [0.5, 0.6) is 0 Å². The van der Waals surface area contributed by atoms with Gasteiger partial charge in [0.2, 0.25) is 0 Å². The highest BCUT2D eigenvalue weighted by molar-refractivity contribution is 5.82. The summed E-state index contributed by atoms with van der Waals surface area (Å²) in [6.07, 6.45) is 0.775. The van der Waals surface area contributed by atoms with E-state index in [9.17, 15) is 0 Å². The molecule has 0 aliphatic rings. The van der Waals surface area contributed by atoms with Crippen molar-refractivity contribution in [1.29, 1.82) is 0 Å². The Morgan fingerprint density at radius 2 is 1.22 bits per heavy atom. The van der Waals surface area contributed by atoms with Crippen molar-refractivity contribution in [3.8, 4) is 39.2 Å². The molecule has 2 heterocycles. The molecule has 5 aromatic carbocycles. The second-order valence-electron chi connectivity index (χ2n) is 13.4. The van der Waals surface area contributed by atoms with Crippen LogP contribution in [0.3, 0.4) is 0 Å². The van der Waals surface area contributed by atoms with Crippen LogP contribution in [0.4, 0.5) is 0 Å². The molecule has 4 heteroatoms. The van der Waals surface area contributed by atoms with Crippen LogP contribution in [0.15, 0.2) is 140 Å². The van der Waals surface area contributed by atoms with Crippen LogP contribution in [-0.2, 0) is 13.0 Å². The number of imidazole rings is 1. The number of fused-ring (bicyclic) bond motifs is 1. The first-order valence-electron chi connectivity index (χ1n) is 17.5. The number of para-hydroxylation sites is 3. The van der Waals surface area contributed by atoms with Gasteiger partial charge in [0.05, 0.1) is 28.1 Å². The van der Waals surface area contributed by atoms with Gasteiger partial charge in [-0.25, -0.2) is 4.98 Å². The van der Waals surface area contributed by atoms with E-state index in [0.29, 0.717) is 18.4 Å². The average Bonchev–Trinajstić information content (AvgIpc) is 3.51. The Morgan fingerprint density at radius 1 is 0.592 bits per heavy atom. The van der Waals surface area contributed by atoms with Crippen LogP contribution in [0.1, 0.15) is 62.2 Å². The monoisotopic (exact) mass is 640 g/mol. The number of benzene rings is 5. The molecule has 4 nitrogen and oxygen atoms in total. The molecule has 0 saturated heterocycles. The van der Waals surface area contributed by atoms with E-state index < -0.39 is 0 Å². The maximum atomic E-state index is 5.18. The van der Waals surface area contributed by atoms with Gasteiger partial charge in [-0.2, -0.15) is 0 Å². The Balaban J connectivity index is 1.21. The summed E-state index contributed by atoms with van der Waals surface area (Å²) in [4.78, 5) is 10.3. The molecule has 7 rings (SSSR count). The minimum absolute atomic E-state index is 0.412. The molecule has 0 amide bonds. The number of hydrogen-bond donors (Lipinski definition) is 1. The molecule has 0 bridgehead atoms. The molecular formula is C45H44N4. The fourth-order valence-corrected chi connectivity index (χ4v) is 6.92. The molecule has 0 unspecified atom stereocenters. The van der Waals surface area contributed by atoms with Crippen LogP contribution in [-0.4, -0.2) is 21.1 Å². The lowest BCUT2D eigenvalue weighted by molar-refractivity contribution is 0.658. The maximum absolute atomic E-state index is 5.18. The highest BCUT2D eigenvalue weighted by atomic mass is 15.1. The number of nitrogens with zero attached hydrogens (tertiary/aromatic N) is 3. The van der Waals surface area contributed by atoms with Crippen LogP contribution < -0.4 is 5.32 Å². The summed E-state index contributed by atoms with van der Waals surface area (Å²) in [6, 6.07) is 49.6. The Kier molecular flexibility index (Phi) is 9.49. The van der Waals surface area contributed by atoms with Crippen molar-refractivity contribution in [2.45, 2.75) is 52.5 Å². The van der Waals surface area contributed by atoms with Crippen LogP contribution in [0.25, 0.3) is 50.2 Å². The quantitative estimate of drug-likeness (QED) is 0.143. The van der Waals surface area contributed by atoms with Gasteiger partial charge in [0.25, 0.3) is 0 Å². The third kappa shape index (κ3) is 6.83. The van der Waals surface area contributed by atoms with Crippen LogP contribution in [0, 0.1) is 0 Å². The van der Waals surface area contributed by atoms with E-state index in [1.165, 1.54) is 33.4 Å². The van der Waals surface area contributed by atoms with E-state index in [1.54, 1.807) is 0 Å². The minimum Gasteiger partial charge on any atom is -0.311 e. The molecule has 0 saturated carbocycles. The van der Waals surface area contributed by atoms with Crippen LogP contribution in [0.2, 0.25) is 0 Å². The highest BCUT2D eigenvalue weighted by Gasteiger charge is 2.19. The Morgan fingerprint density at radius 3 is 1.94 bits per heavy atom. The van der Waals surface area contributed by atoms with E-state index in [1.807, 2.05) is 0 Å². The first kappa shape index (κ1) is 32.2. The van der Waals surface area contributed by atoms with Gasteiger partial charge in [0.1, 0.15) is 5.82 Å². The first-order valence-corrected chi connectivity index (χ1v) is 17.5. The molecule has 244 valence electrons. The van der Waals surface area contributed by atoms with Gasteiger partial charge in [-0.3, -0.25) is 9.55 Å². The Hall–Kier alpha value is -5.32. The zero-order valence-corrected chi connectivity index (χ0v) is 28.9.